The number of nitrogens with one attached hydrogen (secondary N) is 1. The quantitative estimate of drug-likeness (QED) is 0.867. The number of hydrogen-bond donors (Lipinski definition) is 2. The third-order valence-corrected chi connectivity index (χ3v) is 5.60. The normalized spacial score (nSPS) is 27.9. The van der Waals surface area contributed by atoms with Gasteiger partial charge in [0.1, 0.15) is 5.69 Å². The molecule has 0 radical (unpaired) electrons. The molecule has 2 aliphatic carbocycles. The summed E-state index contributed by atoms with van der Waals surface area (Å²) in [7, 11) is 0. The van der Waals surface area contributed by atoms with Crippen LogP contribution in [0.15, 0.2) is 6.07 Å². The standard InChI is InChI=1S/C17H24N4O2/c18-16(23)17(9-11-2-3-11)6-1-7-21(10-17)15(22)14-8-13(19-20-14)12-4-5-12/h8,11-12H,1-7,9-10H2,(H2,18,23)(H,19,20). The van der Waals surface area contributed by atoms with Crippen molar-refractivity contribution in [2.24, 2.45) is 17.1 Å². The Hall–Kier alpha value is -1.85. The minimum atomic E-state index is -0.537. The van der Waals surface area contributed by atoms with Gasteiger partial charge in [-0.05, 0) is 44.1 Å². The second-order valence-electron chi connectivity index (χ2n) is 7.61. The minimum absolute atomic E-state index is 0.0747. The molecule has 1 atom stereocenters. The van der Waals surface area contributed by atoms with Gasteiger partial charge in [-0.1, -0.05) is 12.8 Å². The Morgan fingerprint density at radius 3 is 2.78 bits per heavy atom. The van der Waals surface area contributed by atoms with Crippen molar-refractivity contribution in [3.05, 3.63) is 17.5 Å². The van der Waals surface area contributed by atoms with Gasteiger partial charge in [-0.15, -0.1) is 0 Å². The maximum Gasteiger partial charge on any atom is 0.274 e. The van der Waals surface area contributed by atoms with Gasteiger partial charge in [0.05, 0.1) is 5.41 Å². The van der Waals surface area contributed by atoms with Crippen molar-refractivity contribution in [1.82, 2.24) is 15.1 Å². The molecule has 4 rings (SSSR count). The first-order valence-electron chi connectivity index (χ1n) is 8.72. The Balaban J connectivity index is 1.50. The van der Waals surface area contributed by atoms with Crippen LogP contribution in [-0.4, -0.2) is 40.0 Å². The summed E-state index contributed by atoms with van der Waals surface area (Å²) >= 11 is 0. The number of H-pyrrole nitrogens is 1. The van der Waals surface area contributed by atoms with Crippen LogP contribution in [0.2, 0.25) is 0 Å². The van der Waals surface area contributed by atoms with Crippen molar-refractivity contribution in [2.45, 2.75) is 50.9 Å². The van der Waals surface area contributed by atoms with Crippen LogP contribution in [0.25, 0.3) is 0 Å². The molecular formula is C17H24N4O2. The summed E-state index contributed by atoms with van der Waals surface area (Å²) in [6, 6.07) is 1.88. The fourth-order valence-electron chi connectivity index (χ4n) is 3.86. The van der Waals surface area contributed by atoms with Crippen molar-refractivity contribution in [2.75, 3.05) is 13.1 Å². The third-order valence-electron chi connectivity index (χ3n) is 5.60. The van der Waals surface area contributed by atoms with Crippen LogP contribution < -0.4 is 5.73 Å². The molecule has 0 aromatic carbocycles. The lowest BCUT2D eigenvalue weighted by atomic mass is 9.75. The Morgan fingerprint density at radius 2 is 2.13 bits per heavy atom. The molecule has 3 aliphatic rings. The lowest BCUT2D eigenvalue weighted by Crippen LogP contribution is -2.52. The van der Waals surface area contributed by atoms with Crippen LogP contribution in [0, 0.1) is 11.3 Å². The van der Waals surface area contributed by atoms with Gasteiger partial charge in [-0.3, -0.25) is 14.7 Å². The molecule has 3 fully saturated rings. The van der Waals surface area contributed by atoms with Crippen LogP contribution in [0.3, 0.4) is 0 Å². The van der Waals surface area contributed by atoms with E-state index in [-0.39, 0.29) is 11.8 Å². The SMILES string of the molecule is NC(=O)C1(CC2CC2)CCCN(C(=O)c2cc(C3CC3)[nH]n2)C1. The van der Waals surface area contributed by atoms with E-state index in [9.17, 15) is 9.59 Å². The fraction of sp³-hybridized carbons (Fsp3) is 0.706. The largest absolute Gasteiger partial charge is 0.369 e. The zero-order valence-electron chi connectivity index (χ0n) is 13.4. The maximum absolute atomic E-state index is 12.8. The summed E-state index contributed by atoms with van der Waals surface area (Å²) in [6.45, 7) is 1.13. The van der Waals surface area contributed by atoms with E-state index in [1.807, 2.05) is 6.07 Å². The first kappa shape index (κ1) is 14.7. The van der Waals surface area contributed by atoms with Crippen molar-refractivity contribution in [1.29, 1.82) is 0 Å². The topological polar surface area (TPSA) is 92.1 Å². The average Bonchev–Trinajstić information content (AvgIpc) is 3.48. The van der Waals surface area contributed by atoms with Gasteiger partial charge in [0.25, 0.3) is 5.91 Å². The summed E-state index contributed by atoms with van der Waals surface area (Å²) in [5.74, 6) is 0.839. The third kappa shape index (κ3) is 2.86. The molecule has 23 heavy (non-hydrogen) atoms. The lowest BCUT2D eigenvalue weighted by Gasteiger charge is -2.40. The van der Waals surface area contributed by atoms with Gasteiger partial charge in [0.2, 0.25) is 5.91 Å². The summed E-state index contributed by atoms with van der Waals surface area (Å²) < 4.78 is 0. The number of rotatable bonds is 5. The number of nitrogens with zero attached hydrogens (tertiary/aromatic N) is 2. The van der Waals surface area contributed by atoms with E-state index in [4.69, 9.17) is 5.73 Å². The van der Waals surface area contributed by atoms with Crippen molar-refractivity contribution >= 4 is 11.8 Å². The summed E-state index contributed by atoms with van der Waals surface area (Å²) in [5, 5.41) is 7.17. The molecule has 3 N–H and O–H groups in total. The smallest absolute Gasteiger partial charge is 0.274 e. The number of nitrogens with two attached hydrogens (primary N) is 1. The number of likely N-dealkylation sites (tertiary alicyclic amines) is 1. The molecule has 6 heteroatoms. The molecule has 2 amide bonds. The zero-order valence-corrected chi connectivity index (χ0v) is 13.4. The van der Waals surface area contributed by atoms with Gasteiger partial charge < -0.3 is 10.6 Å². The Labute approximate surface area is 135 Å². The number of aromatic amines is 1. The number of primary amides is 1. The summed E-state index contributed by atoms with van der Waals surface area (Å²) in [6.07, 6.45) is 7.19. The Kier molecular flexibility index (Phi) is 3.43. The summed E-state index contributed by atoms with van der Waals surface area (Å²) in [5.41, 5.74) is 6.73. The second kappa shape index (κ2) is 5.35. The predicted molar refractivity (Wildman–Crippen MR) is 84.7 cm³/mol. The highest BCUT2D eigenvalue weighted by Crippen LogP contribution is 2.45. The van der Waals surface area contributed by atoms with Crippen LogP contribution in [0.5, 0.6) is 0 Å². The molecule has 2 heterocycles. The first-order chi connectivity index (χ1) is 11.1. The number of aromatic nitrogens is 2. The van der Waals surface area contributed by atoms with E-state index in [0.29, 0.717) is 30.6 Å². The molecule has 1 aromatic rings. The van der Waals surface area contributed by atoms with Gasteiger partial charge in [-0.25, -0.2) is 0 Å². The van der Waals surface area contributed by atoms with Crippen LogP contribution >= 0.6 is 0 Å². The number of hydrogen-bond acceptors (Lipinski definition) is 3. The van der Waals surface area contributed by atoms with E-state index in [2.05, 4.69) is 10.2 Å². The number of carbonyl (C=O) groups is 2. The first-order valence-corrected chi connectivity index (χ1v) is 8.72. The van der Waals surface area contributed by atoms with E-state index >= 15 is 0 Å². The molecular weight excluding hydrogens is 292 g/mol. The van der Waals surface area contributed by atoms with Crippen LogP contribution in [0.4, 0.5) is 0 Å². The molecule has 1 saturated heterocycles. The lowest BCUT2D eigenvalue weighted by molar-refractivity contribution is -0.131. The molecule has 0 spiro atoms. The van der Waals surface area contributed by atoms with Crippen molar-refractivity contribution in [3.63, 3.8) is 0 Å². The monoisotopic (exact) mass is 316 g/mol. The van der Waals surface area contributed by atoms with Gasteiger partial charge in [-0.2, -0.15) is 5.10 Å². The minimum Gasteiger partial charge on any atom is -0.369 e. The van der Waals surface area contributed by atoms with E-state index in [1.165, 1.54) is 25.7 Å². The maximum atomic E-state index is 12.8. The molecule has 124 valence electrons. The predicted octanol–water partition coefficient (Wildman–Crippen LogP) is 1.79. The number of piperidine rings is 1. The molecule has 0 bridgehead atoms. The fourth-order valence-corrected chi connectivity index (χ4v) is 3.86. The van der Waals surface area contributed by atoms with Crippen LogP contribution in [-0.2, 0) is 4.79 Å². The number of amides is 2. The zero-order chi connectivity index (χ0) is 16.0. The molecule has 1 aromatic heterocycles. The van der Waals surface area contributed by atoms with E-state index in [0.717, 1.165) is 25.0 Å². The van der Waals surface area contributed by atoms with Crippen LogP contribution in [0.1, 0.15) is 67.0 Å². The number of carbonyl (C=O) groups excluding carboxylic acids is 2. The van der Waals surface area contributed by atoms with Crippen molar-refractivity contribution in [3.8, 4) is 0 Å². The summed E-state index contributed by atoms with van der Waals surface area (Å²) in [4.78, 5) is 26.6. The van der Waals surface area contributed by atoms with E-state index in [1.54, 1.807) is 4.90 Å². The molecule has 6 nitrogen and oxygen atoms in total. The highest BCUT2D eigenvalue weighted by atomic mass is 16.2. The van der Waals surface area contributed by atoms with Crippen molar-refractivity contribution < 1.29 is 9.59 Å². The van der Waals surface area contributed by atoms with E-state index < -0.39 is 5.41 Å². The Bertz CT molecular complexity index is 632. The average molecular weight is 316 g/mol. The van der Waals surface area contributed by atoms with Gasteiger partial charge in [0, 0.05) is 24.7 Å². The van der Waals surface area contributed by atoms with Gasteiger partial charge in [0.15, 0.2) is 0 Å². The molecule has 1 unspecified atom stereocenters. The highest BCUT2D eigenvalue weighted by molar-refractivity contribution is 5.93. The Morgan fingerprint density at radius 1 is 1.35 bits per heavy atom. The second-order valence-corrected chi connectivity index (χ2v) is 7.61. The molecule has 1 aliphatic heterocycles. The molecule has 2 saturated carbocycles. The van der Waals surface area contributed by atoms with Gasteiger partial charge >= 0.3 is 0 Å². The highest BCUT2D eigenvalue weighted by Gasteiger charge is 2.45.